The van der Waals surface area contributed by atoms with Gasteiger partial charge >= 0.3 is 0 Å². The lowest BCUT2D eigenvalue weighted by molar-refractivity contribution is -0.0573. The van der Waals surface area contributed by atoms with Gasteiger partial charge in [-0.1, -0.05) is 25.7 Å². The first kappa shape index (κ1) is 11.7. The Morgan fingerprint density at radius 3 is 2.33 bits per heavy atom. The van der Waals surface area contributed by atoms with E-state index in [1.165, 1.54) is 51.4 Å². The van der Waals surface area contributed by atoms with Crippen LogP contribution in [-0.4, -0.2) is 18.6 Å². The number of hydrogen-bond donors (Lipinski definition) is 0. The largest absolute Gasteiger partial charge is 0.378 e. The second-order valence-electron chi connectivity index (χ2n) is 5.14. The van der Waals surface area contributed by atoms with Gasteiger partial charge in [0.2, 0.25) is 0 Å². The van der Waals surface area contributed by atoms with E-state index < -0.39 is 0 Å². The van der Waals surface area contributed by atoms with Crippen molar-refractivity contribution < 1.29 is 4.74 Å². The smallest absolute Gasteiger partial charge is 0.0642 e. The first-order chi connectivity index (χ1) is 7.42. The fourth-order valence-electron chi connectivity index (χ4n) is 3.19. The molecule has 2 fully saturated rings. The standard InChI is InChI=1S/C13H23ClO/c14-10-12-8-5-9-15-13(12)11-6-3-1-2-4-7-11/h11-13H,1-10H2. The number of rotatable bonds is 2. The van der Waals surface area contributed by atoms with Crippen LogP contribution >= 0.6 is 11.6 Å². The van der Waals surface area contributed by atoms with Crippen LogP contribution in [0.5, 0.6) is 0 Å². The minimum Gasteiger partial charge on any atom is -0.378 e. The molecular formula is C13H23ClO. The van der Waals surface area contributed by atoms with Gasteiger partial charge in [-0.15, -0.1) is 11.6 Å². The lowest BCUT2D eigenvalue weighted by atomic mass is 9.83. The van der Waals surface area contributed by atoms with E-state index in [1.54, 1.807) is 0 Å². The van der Waals surface area contributed by atoms with Gasteiger partial charge in [0.15, 0.2) is 0 Å². The Labute approximate surface area is 98.5 Å². The molecule has 1 nitrogen and oxygen atoms in total. The van der Waals surface area contributed by atoms with Gasteiger partial charge in [-0.2, -0.15) is 0 Å². The molecule has 2 aliphatic rings. The summed E-state index contributed by atoms with van der Waals surface area (Å²) in [7, 11) is 0. The number of alkyl halides is 1. The summed E-state index contributed by atoms with van der Waals surface area (Å²) in [5.74, 6) is 2.22. The van der Waals surface area contributed by atoms with Gasteiger partial charge in [0.25, 0.3) is 0 Å². The zero-order valence-corrected chi connectivity index (χ0v) is 10.3. The third kappa shape index (κ3) is 3.10. The highest BCUT2D eigenvalue weighted by Crippen LogP contribution is 2.34. The van der Waals surface area contributed by atoms with Gasteiger partial charge < -0.3 is 4.74 Å². The fourth-order valence-corrected chi connectivity index (χ4v) is 3.52. The molecule has 2 atom stereocenters. The van der Waals surface area contributed by atoms with E-state index >= 15 is 0 Å². The fraction of sp³-hybridized carbons (Fsp3) is 1.00. The zero-order chi connectivity index (χ0) is 10.5. The molecular weight excluding hydrogens is 208 g/mol. The van der Waals surface area contributed by atoms with Crippen LogP contribution in [0.3, 0.4) is 0 Å². The minimum atomic E-state index is 0.481. The zero-order valence-electron chi connectivity index (χ0n) is 9.59. The number of hydrogen-bond acceptors (Lipinski definition) is 1. The lowest BCUT2D eigenvalue weighted by Gasteiger charge is -2.36. The van der Waals surface area contributed by atoms with Crippen LogP contribution in [-0.2, 0) is 4.74 Å². The molecule has 1 saturated heterocycles. The predicted molar refractivity (Wildman–Crippen MR) is 64.4 cm³/mol. The van der Waals surface area contributed by atoms with Crippen LogP contribution in [0.15, 0.2) is 0 Å². The van der Waals surface area contributed by atoms with Gasteiger partial charge in [-0.3, -0.25) is 0 Å². The molecule has 1 saturated carbocycles. The van der Waals surface area contributed by atoms with E-state index in [1.807, 2.05) is 0 Å². The summed E-state index contributed by atoms with van der Waals surface area (Å²) in [5.41, 5.74) is 0. The van der Waals surface area contributed by atoms with E-state index in [0.717, 1.165) is 18.4 Å². The summed E-state index contributed by atoms with van der Waals surface area (Å²) in [5, 5.41) is 0. The Bertz CT molecular complexity index is 175. The first-order valence-electron chi connectivity index (χ1n) is 6.59. The van der Waals surface area contributed by atoms with Crippen LogP contribution in [0.2, 0.25) is 0 Å². The van der Waals surface area contributed by atoms with Gasteiger partial charge in [-0.25, -0.2) is 0 Å². The molecule has 88 valence electrons. The molecule has 2 rings (SSSR count). The van der Waals surface area contributed by atoms with Gasteiger partial charge in [-0.05, 0) is 37.5 Å². The second-order valence-corrected chi connectivity index (χ2v) is 5.45. The van der Waals surface area contributed by atoms with Gasteiger partial charge in [0.05, 0.1) is 6.10 Å². The molecule has 0 radical (unpaired) electrons. The van der Waals surface area contributed by atoms with Crippen molar-refractivity contribution in [2.75, 3.05) is 12.5 Å². The summed E-state index contributed by atoms with van der Waals surface area (Å²) >= 11 is 6.06. The summed E-state index contributed by atoms with van der Waals surface area (Å²) in [6.07, 6.45) is 11.4. The normalized spacial score (nSPS) is 35.0. The molecule has 15 heavy (non-hydrogen) atoms. The van der Waals surface area contributed by atoms with E-state index in [9.17, 15) is 0 Å². The van der Waals surface area contributed by atoms with Crippen molar-refractivity contribution in [3.8, 4) is 0 Å². The number of ether oxygens (including phenoxy) is 1. The van der Waals surface area contributed by atoms with E-state index in [2.05, 4.69) is 0 Å². The summed E-state index contributed by atoms with van der Waals surface area (Å²) < 4.78 is 5.99. The molecule has 1 aliphatic heterocycles. The lowest BCUT2D eigenvalue weighted by Crippen LogP contribution is -2.37. The number of halogens is 1. The Hall–Kier alpha value is 0.250. The highest BCUT2D eigenvalue weighted by atomic mass is 35.5. The predicted octanol–water partition coefficient (Wildman–Crippen LogP) is 3.99. The Balaban J connectivity index is 1.92. The van der Waals surface area contributed by atoms with Crippen molar-refractivity contribution in [1.29, 1.82) is 0 Å². The average Bonchev–Trinajstić information content (AvgIpc) is 2.57. The van der Waals surface area contributed by atoms with Crippen molar-refractivity contribution in [1.82, 2.24) is 0 Å². The summed E-state index contributed by atoms with van der Waals surface area (Å²) in [6.45, 7) is 0.967. The molecule has 0 spiro atoms. The molecule has 1 aliphatic carbocycles. The van der Waals surface area contributed by atoms with Crippen LogP contribution in [0, 0.1) is 11.8 Å². The molecule has 2 heteroatoms. The maximum atomic E-state index is 6.06. The molecule has 0 bridgehead atoms. The third-order valence-electron chi connectivity index (χ3n) is 4.06. The molecule has 1 heterocycles. The first-order valence-corrected chi connectivity index (χ1v) is 7.13. The van der Waals surface area contributed by atoms with Crippen LogP contribution < -0.4 is 0 Å². The van der Waals surface area contributed by atoms with Gasteiger partial charge in [0.1, 0.15) is 0 Å². The second kappa shape index (κ2) is 6.10. The maximum Gasteiger partial charge on any atom is 0.0642 e. The maximum absolute atomic E-state index is 6.06. The SMILES string of the molecule is ClCC1CCCOC1C1CCCCCC1. The molecule has 0 aromatic carbocycles. The van der Waals surface area contributed by atoms with Crippen molar-refractivity contribution in [2.45, 2.75) is 57.5 Å². The summed E-state index contributed by atoms with van der Waals surface area (Å²) in [4.78, 5) is 0. The highest BCUT2D eigenvalue weighted by Gasteiger charge is 2.32. The summed E-state index contributed by atoms with van der Waals surface area (Å²) in [6, 6.07) is 0. The molecule has 0 amide bonds. The van der Waals surface area contributed by atoms with E-state index in [-0.39, 0.29) is 0 Å². The molecule has 2 unspecified atom stereocenters. The van der Waals surface area contributed by atoms with E-state index in [0.29, 0.717) is 12.0 Å². The Morgan fingerprint density at radius 2 is 1.67 bits per heavy atom. The van der Waals surface area contributed by atoms with Crippen LogP contribution in [0.25, 0.3) is 0 Å². The monoisotopic (exact) mass is 230 g/mol. The third-order valence-corrected chi connectivity index (χ3v) is 4.45. The van der Waals surface area contributed by atoms with Crippen LogP contribution in [0.1, 0.15) is 51.4 Å². The van der Waals surface area contributed by atoms with Crippen molar-refractivity contribution >= 4 is 11.6 Å². The molecule has 0 aromatic rings. The molecule has 0 N–H and O–H groups in total. The average molecular weight is 231 g/mol. The van der Waals surface area contributed by atoms with Crippen LogP contribution in [0.4, 0.5) is 0 Å². The minimum absolute atomic E-state index is 0.481. The van der Waals surface area contributed by atoms with Crippen molar-refractivity contribution in [2.24, 2.45) is 11.8 Å². The quantitative estimate of drug-likeness (QED) is 0.515. The van der Waals surface area contributed by atoms with Gasteiger partial charge in [0, 0.05) is 12.5 Å². The van der Waals surface area contributed by atoms with Crippen molar-refractivity contribution in [3.63, 3.8) is 0 Å². The Morgan fingerprint density at radius 1 is 0.933 bits per heavy atom. The highest BCUT2D eigenvalue weighted by molar-refractivity contribution is 6.18. The molecule has 0 aromatic heterocycles. The Kier molecular flexibility index (Phi) is 4.77. The van der Waals surface area contributed by atoms with E-state index in [4.69, 9.17) is 16.3 Å². The topological polar surface area (TPSA) is 9.23 Å². The van der Waals surface area contributed by atoms with Crippen molar-refractivity contribution in [3.05, 3.63) is 0 Å².